The Morgan fingerprint density at radius 1 is 1.44 bits per heavy atom. The molecule has 1 aromatic carbocycles. The van der Waals surface area contributed by atoms with Crippen LogP contribution in [-0.2, 0) is 19.0 Å². The highest BCUT2D eigenvalue weighted by atomic mass is 32.2. The Morgan fingerprint density at radius 3 is 2.69 bits per heavy atom. The maximum Gasteiger partial charge on any atom is 0.297 e. The molecule has 0 unspecified atom stereocenters. The van der Waals surface area contributed by atoms with Gasteiger partial charge in [-0.15, -0.1) is 0 Å². The summed E-state index contributed by atoms with van der Waals surface area (Å²) in [4.78, 5) is 0.0513. The van der Waals surface area contributed by atoms with Crippen LogP contribution in [0.3, 0.4) is 0 Å². The Morgan fingerprint density at radius 2 is 2.12 bits per heavy atom. The fraction of sp³-hybridized carbons (Fsp3) is 0.400. The summed E-state index contributed by atoms with van der Waals surface area (Å²) in [6.45, 7) is 1.83. The number of anilines is 1. The Hall–Kier alpha value is -1.11. The molecule has 0 saturated carbocycles. The Balaban J connectivity index is 2.86. The highest BCUT2D eigenvalue weighted by Crippen LogP contribution is 2.16. The summed E-state index contributed by atoms with van der Waals surface area (Å²) < 4.78 is 33.2. The molecule has 90 valence electrons. The SMILES string of the molecule is COC[C@H](C)OS(=O)(=O)c1cccc(N)c1. The number of methoxy groups -OCH3 is 1. The molecule has 0 radical (unpaired) electrons. The molecule has 0 heterocycles. The molecule has 0 aliphatic heterocycles. The van der Waals surface area contributed by atoms with Crippen molar-refractivity contribution >= 4 is 15.8 Å². The van der Waals surface area contributed by atoms with Crippen molar-refractivity contribution in [2.75, 3.05) is 19.5 Å². The van der Waals surface area contributed by atoms with Gasteiger partial charge in [0.1, 0.15) is 0 Å². The predicted octanol–water partition coefficient (Wildman–Crippen LogP) is 1.01. The normalized spacial score (nSPS) is 13.6. The minimum Gasteiger partial charge on any atom is -0.399 e. The second-order valence-corrected chi connectivity index (χ2v) is 4.96. The predicted molar refractivity (Wildman–Crippen MR) is 60.5 cm³/mol. The van der Waals surface area contributed by atoms with Crippen molar-refractivity contribution < 1.29 is 17.3 Å². The van der Waals surface area contributed by atoms with Crippen LogP contribution >= 0.6 is 0 Å². The van der Waals surface area contributed by atoms with Gasteiger partial charge in [-0.3, -0.25) is 4.18 Å². The average Bonchev–Trinajstić information content (AvgIpc) is 2.17. The lowest BCUT2D eigenvalue weighted by atomic mass is 10.3. The largest absolute Gasteiger partial charge is 0.399 e. The molecular weight excluding hydrogens is 230 g/mol. The van der Waals surface area contributed by atoms with Crippen molar-refractivity contribution in [3.8, 4) is 0 Å². The van der Waals surface area contributed by atoms with Crippen LogP contribution in [0.4, 0.5) is 5.69 Å². The molecule has 0 saturated heterocycles. The number of hydrogen-bond donors (Lipinski definition) is 1. The molecule has 0 spiro atoms. The van der Waals surface area contributed by atoms with Crippen LogP contribution in [-0.4, -0.2) is 28.2 Å². The van der Waals surface area contributed by atoms with Gasteiger partial charge >= 0.3 is 0 Å². The van der Waals surface area contributed by atoms with Crippen molar-refractivity contribution in [3.05, 3.63) is 24.3 Å². The number of nitrogen functional groups attached to an aromatic ring is 1. The van der Waals surface area contributed by atoms with E-state index in [1.54, 1.807) is 19.1 Å². The van der Waals surface area contributed by atoms with E-state index in [4.69, 9.17) is 14.7 Å². The van der Waals surface area contributed by atoms with Gasteiger partial charge in [-0.1, -0.05) is 6.07 Å². The monoisotopic (exact) mass is 245 g/mol. The minimum absolute atomic E-state index is 0.0513. The zero-order valence-corrected chi connectivity index (χ0v) is 10.0. The van der Waals surface area contributed by atoms with Crippen LogP contribution in [0.25, 0.3) is 0 Å². The topological polar surface area (TPSA) is 78.6 Å². The molecule has 0 aliphatic carbocycles. The molecule has 1 rings (SSSR count). The van der Waals surface area contributed by atoms with Gasteiger partial charge in [-0.25, -0.2) is 0 Å². The fourth-order valence-electron chi connectivity index (χ4n) is 1.20. The van der Waals surface area contributed by atoms with E-state index >= 15 is 0 Å². The average molecular weight is 245 g/mol. The van der Waals surface area contributed by atoms with Crippen molar-refractivity contribution in [2.45, 2.75) is 17.9 Å². The molecule has 1 atom stereocenters. The molecule has 0 bridgehead atoms. The molecule has 0 fully saturated rings. The van der Waals surface area contributed by atoms with Crippen molar-refractivity contribution in [3.63, 3.8) is 0 Å². The van der Waals surface area contributed by atoms with Crippen molar-refractivity contribution in [1.82, 2.24) is 0 Å². The third-order valence-corrected chi connectivity index (χ3v) is 3.25. The summed E-state index contributed by atoms with van der Waals surface area (Å²) in [5, 5.41) is 0. The Labute approximate surface area is 95.3 Å². The lowest BCUT2D eigenvalue weighted by Gasteiger charge is -2.12. The van der Waals surface area contributed by atoms with E-state index < -0.39 is 16.2 Å². The lowest BCUT2D eigenvalue weighted by Crippen LogP contribution is -2.20. The zero-order valence-electron chi connectivity index (χ0n) is 9.21. The van der Waals surface area contributed by atoms with Gasteiger partial charge in [-0.05, 0) is 25.1 Å². The molecule has 5 nitrogen and oxygen atoms in total. The summed E-state index contributed by atoms with van der Waals surface area (Å²) in [5.41, 5.74) is 5.88. The van der Waals surface area contributed by atoms with E-state index in [1.807, 2.05) is 0 Å². The second kappa shape index (κ2) is 5.29. The summed E-state index contributed by atoms with van der Waals surface area (Å²) in [5.74, 6) is 0. The molecule has 16 heavy (non-hydrogen) atoms. The van der Waals surface area contributed by atoms with Crippen LogP contribution in [0.1, 0.15) is 6.92 Å². The number of nitrogens with two attached hydrogens (primary N) is 1. The second-order valence-electron chi connectivity index (χ2n) is 3.39. The van der Waals surface area contributed by atoms with Crippen LogP contribution in [0, 0.1) is 0 Å². The summed E-state index contributed by atoms with van der Waals surface area (Å²) in [7, 11) is -2.29. The molecule has 0 aromatic heterocycles. The molecular formula is C10H15NO4S. The third-order valence-electron chi connectivity index (χ3n) is 1.84. The van der Waals surface area contributed by atoms with Crippen LogP contribution in [0.2, 0.25) is 0 Å². The third kappa shape index (κ3) is 3.48. The van der Waals surface area contributed by atoms with Gasteiger partial charge in [0, 0.05) is 12.8 Å². The van der Waals surface area contributed by atoms with E-state index in [1.165, 1.54) is 19.2 Å². The Kier molecular flexibility index (Phi) is 4.28. The van der Waals surface area contributed by atoms with Gasteiger partial charge in [0.2, 0.25) is 0 Å². The molecule has 6 heteroatoms. The minimum atomic E-state index is -3.76. The number of rotatable bonds is 5. The van der Waals surface area contributed by atoms with Crippen LogP contribution < -0.4 is 5.73 Å². The summed E-state index contributed by atoms with van der Waals surface area (Å²) >= 11 is 0. The van der Waals surface area contributed by atoms with E-state index in [9.17, 15) is 8.42 Å². The molecule has 1 aromatic rings. The van der Waals surface area contributed by atoms with Gasteiger partial charge in [0.05, 0.1) is 17.6 Å². The molecule has 0 aliphatic rings. The maximum absolute atomic E-state index is 11.7. The van der Waals surface area contributed by atoms with Gasteiger partial charge in [-0.2, -0.15) is 8.42 Å². The van der Waals surface area contributed by atoms with Gasteiger partial charge < -0.3 is 10.5 Å². The number of ether oxygens (including phenoxy) is 1. The first-order chi connectivity index (χ1) is 7.45. The summed E-state index contributed by atoms with van der Waals surface area (Å²) in [6.07, 6.45) is -0.531. The lowest BCUT2D eigenvalue weighted by molar-refractivity contribution is 0.0962. The quantitative estimate of drug-likeness (QED) is 0.618. The van der Waals surface area contributed by atoms with Crippen molar-refractivity contribution in [2.24, 2.45) is 0 Å². The first-order valence-corrected chi connectivity index (χ1v) is 6.14. The van der Waals surface area contributed by atoms with E-state index in [0.29, 0.717) is 5.69 Å². The number of hydrogen-bond acceptors (Lipinski definition) is 5. The number of benzene rings is 1. The highest BCUT2D eigenvalue weighted by Gasteiger charge is 2.18. The smallest absolute Gasteiger partial charge is 0.297 e. The Bertz CT molecular complexity index is 444. The first kappa shape index (κ1) is 13.0. The zero-order chi connectivity index (χ0) is 12.2. The maximum atomic E-state index is 11.7. The fourth-order valence-corrected chi connectivity index (χ4v) is 2.33. The molecule has 0 amide bonds. The summed E-state index contributed by atoms with van der Waals surface area (Å²) in [6, 6.07) is 5.96. The van der Waals surface area contributed by atoms with Crippen molar-refractivity contribution in [1.29, 1.82) is 0 Å². The first-order valence-electron chi connectivity index (χ1n) is 4.73. The highest BCUT2D eigenvalue weighted by molar-refractivity contribution is 7.86. The van der Waals surface area contributed by atoms with Gasteiger partial charge in [0.25, 0.3) is 10.1 Å². The standard InChI is InChI=1S/C10H15NO4S/c1-8(7-14-2)15-16(12,13)10-5-3-4-9(11)6-10/h3-6,8H,7,11H2,1-2H3/t8-/m0/s1. The molecule has 2 N–H and O–H groups in total. The van der Waals surface area contributed by atoms with Crippen LogP contribution in [0.5, 0.6) is 0 Å². The van der Waals surface area contributed by atoms with E-state index in [-0.39, 0.29) is 11.5 Å². The van der Waals surface area contributed by atoms with E-state index in [0.717, 1.165) is 0 Å². The van der Waals surface area contributed by atoms with E-state index in [2.05, 4.69) is 0 Å². The van der Waals surface area contributed by atoms with Gasteiger partial charge in [0.15, 0.2) is 0 Å². The van der Waals surface area contributed by atoms with Crippen LogP contribution in [0.15, 0.2) is 29.2 Å².